The Labute approximate surface area is 112 Å². The number of nitro benzene ring substituents is 1. The lowest BCUT2D eigenvalue weighted by molar-refractivity contribution is -0.385. The van der Waals surface area contributed by atoms with E-state index in [1.807, 2.05) is 6.92 Å². The summed E-state index contributed by atoms with van der Waals surface area (Å²) in [4.78, 5) is 22.2. The Morgan fingerprint density at radius 1 is 1.47 bits per heavy atom. The molecule has 1 unspecified atom stereocenters. The molecule has 0 bridgehead atoms. The molecular formula is C13H19N3O3. The molecule has 0 aliphatic carbocycles. The lowest BCUT2D eigenvalue weighted by atomic mass is 10.0. The molecule has 0 saturated carbocycles. The number of nitro groups is 1. The highest BCUT2D eigenvalue weighted by Gasteiger charge is 2.15. The van der Waals surface area contributed by atoms with Crippen molar-refractivity contribution in [2.75, 3.05) is 6.54 Å². The molecule has 6 nitrogen and oxygen atoms in total. The summed E-state index contributed by atoms with van der Waals surface area (Å²) in [5.74, 6) is -0.238. The number of hydrogen-bond acceptors (Lipinski definition) is 4. The molecule has 3 N–H and O–H groups in total. The standard InChI is InChI=1S/C13H19N3O3/c1-10(5-4-8-14)13(17)15-9-11-6-2-3-7-12(11)16(18)19/h2-3,6-7,10H,4-5,8-9,14H2,1H3,(H,15,17). The Morgan fingerprint density at radius 2 is 2.16 bits per heavy atom. The molecule has 0 aliphatic rings. The first-order chi connectivity index (χ1) is 9.06. The van der Waals surface area contributed by atoms with Crippen molar-refractivity contribution in [2.24, 2.45) is 11.7 Å². The number of nitrogens with two attached hydrogens (primary N) is 1. The predicted molar refractivity (Wildman–Crippen MR) is 72.4 cm³/mol. The predicted octanol–water partition coefficient (Wildman–Crippen LogP) is 1.59. The fraction of sp³-hybridized carbons (Fsp3) is 0.462. The van der Waals surface area contributed by atoms with Gasteiger partial charge in [-0.15, -0.1) is 0 Å². The van der Waals surface area contributed by atoms with E-state index in [0.29, 0.717) is 12.1 Å². The average molecular weight is 265 g/mol. The highest BCUT2D eigenvalue weighted by atomic mass is 16.6. The molecule has 0 spiro atoms. The van der Waals surface area contributed by atoms with Crippen molar-refractivity contribution in [3.63, 3.8) is 0 Å². The zero-order valence-electron chi connectivity index (χ0n) is 11.0. The zero-order valence-corrected chi connectivity index (χ0v) is 11.0. The van der Waals surface area contributed by atoms with E-state index >= 15 is 0 Å². The third-order valence-corrected chi connectivity index (χ3v) is 2.93. The smallest absolute Gasteiger partial charge is 0.274 e. The minimum atomic E-state index is -0.445. The fourth-order valence-corrected chi connectivity index (χ4v) is 1.75. The van der Waals surface area contributed by atoms with Crippen LogP contribution in [0.15, 0.2) is 24.3 Å². The Kier molecular flexibility index (Phi) is 5.95. The van der Waals surface area contributed by atoms with Crippen LogP contribution >= 0.6 is 0 Å². The summed E-state index contributed by atoms with van der Waals surface area (Å²) >= 11 is 0. The molecule has 0 radical (unpaired) electrons. The van der Waals surface area contributed by atoms with E-state index in [-0.39, 0.29) is 24.1 Å². The second-order valence-corrected chi connectivity index (χ2v) is 4.44. The minimum Gasteiger partial charge on any atom is -0.352 e. The summed E-state index contributed by atoms with van der Waals surface area (Å²) in [7, 11) is 0. The van der Waals surface area contributed by atoms with Gasteiger partial charge in [0, 0.05) is 24.1 Å². The maximum Gasteiger partial charge on any atom is 0.274 e. The molecule has 0 saturated heterocycles. The number of rotatable bonds is 7. The highest BCUT2D eigenvalue weighted by Crippen LogP contribution is 2.17. The first-order valence-electron chi connectivity index (χ1n) is 6.26. The van der Waals surface area contributed by atoms with E-state index in [0.717, 1.165) is 12.8 Å². The number of benzene rings is 1. The van der Waals surface area contributed by atoms with Crippen molar-refractivity contribution in [1.29, 1.82) is 0 Å². The number of amides is 1. The molecule has 19 heavy (non-hydrogen) atoms. The monoisotopic (exact) mass is 265 g/mol. The number of nitrogens with zero attached hydrogens (tertiary/aromatic N) is 1. The van der Waals surface area contributed by atoms with Crippen LogP contribution in [-0.4, -0.2) is 17.4 Å². The molecule has 1 aromatic rings. The van der Waals surface area contributed by atoms with Crippen molar-refractivity contribution in [3.8, 4) is 0 Å². The summed E-state index contributed by atoms with van der Waals surface area (Å²) in [6.45, 7) is 2.55. The maximum absolute atomic E-state index is 11.8. The van der Waals surface area contributed by atoms with Gasteiger partial charge in [-0.2, -0.15) is 0 Å². The third kappa shape index (κ3) is 4.67. The van der Waals surface area contributed by atoms with E-state index in [2.05, 4.69) is 5.32 Å². The van der Waals surface area contributed by atoms with Gasteiger partial charge in [-0.05, 0) is 19.4 Å². The van der Waals surface area contributed by atoms with Gasteiger partial charge < -0.3 is 11.1 Å². The van der Waals surface area contributed by atoms with Crippen molar-refractivity contribution in [3.05, 3.63) is 39.9 Å². The average Bonchev–Trinajstić information content (AvgIpc) is 2.42. The van der Waals surface area contributed by atoms with Crippen LogP contribution in [0, 0.1) is 16.0 Å². The van der Waals surface area contributed by atoms with E-state index in [9.17, 15) is 14.9 Å². The first-order valence-corrected chi connectivity index (χ1v) is 6.26. The Morgan fingerprint density at radius 3 is 2.79 bits per heavy atom. The molecule has 104 valence electrons. The molecule has 1 atom stereocenters. The summed E-state index contributed by atoms with van der Waals surface area (Å²) in [5, 5.41) is 13.5. The summed E-state index contributed by atoms with van der Waals surface area (Å²) in [6.07, 6.45) is 1.51. The molecule has 0 aromatic heterocycles. The maximum atomic E-state index is 11.8. The van der Waals surface area contributed by atoms with Crippen molar-refractivity contribution < 1.29 is 9.72 Å². The van der Waals surface area contributed by atoms with Gasteiger partial charge in [-0.1, -0.05) is 25.1 Å². The van der Waals surface area contributed by atoms with Gasteiger partial charge in [-0.3, -0.25) is 14.9 Å². The number of nitrogens with one attached hydrogen (secondary N) is 1. The normalized spacial score (nSPS) is 11.9. The van der Waals surface area contributed by atoms with Crippen molar-refractivity contribution in [2.45, 2.75) is 26.3 Å². The van der Waals surface area contributed by atoms with Gasteiger partial charge in [0.1, 0.15) is 0 Å². The van der Waals surface area contributed by atoms with Crippen LogP contribution in [-0.2, 0) is 11.3 Å². The number of hydrogen-bond donors (Lipinski definition) is 2. The quantitative estimate of drug-likeness (QED) is 0.577. The van der Waals surface area contributed by atoms with Crippen LogP contribution in [0.3, 0.4) is 0 Å². The second-order valence-electron chi connectivity index (χ2n) is 4.44. The van der Waals surface area contributed by atoms with Gasteiger partial charge in [0.05, 0.1) is 4.92 Å². The molecule has 0 fully saturated rings. The van der Waals surface area contributed by atoms with Gasteiger partial charge in [0.2, 0.25) is 5.91 Å². The number of carbonyl (C=O) groups excluding carboxylic acids is 1. The van der Waals surface area contributed by atoms with E-state index in [1.54, 1.807) is 18.2 Å². The van der Waals surface area contributed by atoms with Crippen LogP contribution in [0.2, 0.25) is 0 Å². The van der Waals surface area contributed by atoms with Crippen molar-refractivity contribution >= 4 is 11.6 Å². The van der Waals surface area contributed by atoms with E-state index in [4.69, 9.17) is 5.73 Å². The van der Waals surface area contributed by atoms with Gasteiger partial charge in [0.15, 0.2) is 0 Å². The van der Waals surface area contributed by atoms with Gasteiger partial charge in [0.25, 0.3) is 5.69 Å². The molecular weight excluding hydrogens is 246 g/mol. The fourth-order valence-electron chi connectivity index (χ4n) is 1.75. The Hall–Kier alpha value is -1.95. The van der Waals surface area contributed by atoms with E-state index < -0.39 is 4.92 Å². The van der Waals surface area contributed by atoms with E-state index in [1.165, 1.54) is 6.07 Å². The van der Waals surface area contributed by atoms with Crippen LogP contribution in [0.5, 0.6) is 0 Å². The Balaban J connectivity index is 2.57. The van der Waals surface area contributed by atoms with Crippen LogP contribution in [0.4, 0.5) is 5.69 Å². The minimum absolute atomic E-state index is 0.0254. The van der Waals surface area contributed by atoms with Crippen molar-refractivity contribution in [1.82, 2.24) is 5.32 Å². The molecule has 0 aliphatic heterocycles. The first kappa shape index (κ1) is 15.1. The molecule has 0 heterocycles. The summed E-state index contributed by atoms with van der Waals surface area (Å²) in [6, 6.07) is 6.39. The lowest BCUT2D eigenvalue weighted by Crippen LogP contribution is -2.29. The topological polar surface area (TPSA) is 98.3 Å². The summed E-state index contributed by atoms with van der Waals surface area (Å²) < 4.78 is 0. The molecule has 1 aromatic carbocycles. The van der Waals surface area contributed by atoms with Gasteiger partial charge >= 0.3 is 0 Å². The largest absolute Gasteiger partial charge is 0.352 e. The van der Waals surface area contributed by atoms with Crippen LogP contribution in [0.1, 0.15) is 25.3 Å². The van der Waals surface area contributed by atoms with Crippen LogP contribution < -0.4 is 11.1 Å². The van der Waals surface area contributed by atoms with Gasteiger partial charge in [-0.25, -0.2) is 0 Å². The number of para-hydroxylation sites is 1. The third-order valence-electron chi connectivity index (χ3n) is 2.93. The molecule has 6 heteroatoms. The molecule has 1 amide bonds. The molecule has 1 rings (SSSR count). The SMILES string of the molecule is CC(CCCN)C(=O)NCc1ccccc1[N+](=O)[O-]. The Bertz CT molecular complexity index is 449. The lowest BCUT2D eigenvalue weighted by Gasteiger charge is -2.11. The zero-order chi connectivity index (χ0) is 14.3. The summed E-state index contributed by atoms with van der Waals surface area (Å²) in [5.41, 5.74) is 5.92. The van der Waals surface area contributed by atoms with Crippen LogP contribution in [0.25, 0.3) is 0 Å². The highest BCUT2D eigenvalue weighted by molar-refractivity contribution is 5.78. The second kappa shape index (κ2) is 7.48. The number of carbonyl (C=O) groups is 1.